The van der Waals surface area contributed by atoms with Gasteiger partial charge in [-0.15, -0.1) is 0 Å². The fraction of sp³-hybridized carbons (Fsp3) is 0.400. The molecule has 0 radical (unpaired) electrons. The van der Waals surface area contributed by atoms with E-state index in [-0.39, 0.29) is 0 Å². The lowest BCUT2D eigenvalue weighted by atomic mass is 10.1. The Morgan fingerprint density at radius 1 is 1.21 bits per heavy atom. The van der Waals surface area contributed by atoms with E-state index in [1.165, 1.54) is 11.3 Å². The summed E-state index contributed by atoms with van der Waals surface area (Å²) in [7, 11) is 3.65. The van der Waals surface area contributed by atoms with Gasteiger partial charge in [0.1, 0.15) is 5.75 Å². The molecule has 19 heavy (non-hydrogen) atoms. The number of aryl methyl sites for hydroxylation is 2. The van der Waals surface area contributed by atoms with Crippen LogP contribution in [0.3, 0.4) is 0 Å². The van der Waals surface area contributed by atoms with Gasteiger partial charge >= 0.3 is 0 Å². The van der Waals surface area contributed by atoms with Gasteiger partial charge in [-0.2, -0.15) is 5.10 Å². The number of methoxy groups -OCH3 is 1. The molecule has 1 heterocycles. The summed E-state index contributed by atoms with van der Waals surface area (Å²) in [6.45, 7) is 5.01. The molecule has 0 aliphatic carbocycles. The Kier molecular flexibility index (Phi) is 4.10. The van der Waals surface area contributed by atoms with E-state index in [0.29, 0.717) is 0 Å². The van der Waals surface area contributed by atoms with Gasteiger partial charge in [0.15, 0.2) is 0 Å². The van der Waals surface area contributed by atoms with Crippen LogP contribution in [0, 0.1) is 13.8 Å². The van der Waals surface area contributed by atoms with Gasteiger partial charge in [-0.05, 0) is 38.0 Å². The van der Waals surface area contributed by atoms with Crippen molar-refractivity contribution in [2.24, 2.45) is 7.05 Å². The number of nitrogens with one attached hydrogen (secondary N) is 1. The van der Waals surface area contributed by atoms with Crippen molar-refractivity contribution in [1.82, 2.24) is 9.78 Å². The smallest absolute Gasteiger partial charge is 0.118 e. The van der Waals surface area contributed by atoms with Crippen LogP contribution in [-0.4, -0.2) is 23.4 Å². The topological polar surface area (TPSA) is 39.1 Å². The van der Waals surface area contributed by atoms with Crippen molar-refractivity contribution in [3.63, 3.8) is 0 Å². The van der Waals surface area contributed by atoms with Crippen LogP contribution in [0.4, 0.5) is 5.69 Å². The van der Waals surface area contributed by atoms with Gasteiger partial charge < -0.3 is 10.1 Å². The standard InChI is InChI=1S/C15H21N3O/c1-11-15(12(2)18(3)17-11)16-10-9-13-5-7-14(19-4)8-6-13/h5-8,16H,9-10H2,1-4H3. The molecule has 0 unspecified atom stereocenters. The average molecular weight is 259 g/mol. The lowest BCUT2D eigenvalue weighted by molar-refractivity contribution is 0.414. The Labute approximate surface area is 114 Å². The largest absolute Gasteiger partial charge is 0.497 e. The number of hydrogen-bond acceptors (Lipinski definition) is 3. The van der Waals surface area contributed by atoms with Crippen molar-refractivity contribution in [1.29, 1.82) is 0 Å². The Hall–Kier alpha value is -1.97. The summed E-state index contributed by atoms with van der Waals surface area (Å²) in [5.74, 6) is 0.899. The first-order chi connectivity index (χ1) is 9.11. The predicted octanol–water partition coefficient (Wildman–Crippen LogP) is 2.70. The molecule has 0 atom stereocenters. The Morgan fingerprint density at radius 2 is 1.89 bits per heavy atom. The third kappa shape index (κ3) is 3.08. The van der Waals surface area contributed by atoms with E-state index in [4.69, 9.17) is 4.74 Å². The molecule has 4 heteroatoms. The number of nitrogens with zero attached hydrogens (tertiary/aromatic N) is 2. The predicted molar refractivity (Wildman–Crippen MR) is 77.9 cm³/mol. The average Bonchev–Trinajstić information content (AvgIpc) is 2.66. The maximum atomic E-state index is 5.15. The van der Waals surface area contributed by atoms with Crippen LogP contribution in [0.2, 0.25) is 0 Å². The molecule has 0 spiro atoms. The van der Waals surface area contributed by atoms with E-state index >= 15 is 0 Å². The van der Waals surface area contributed by atoms with E-state index in [2.05, 4.69) is 29.5 Å². The minimum absolute atomic E-state index is 0.899. The molecule has 2 aromatic rings. The van der Waals surface area contributed by atoms with Crippen molar-refractivity contribution in [3.05, 3.63) is 41.2 Å². The monoisotopic (exact) mass is 259 g/mol. The highest BCUT2D eigenvalue weighted by Crippen LogP contribution is 2.18. The first-order valence-corrected chi connectivity index (χ1v) is 6.49. The van der Waals surface area contributed by atoms with Gasteiger partial charge in [0.25, 0.3) is 0 Å². The van der Waals surface area contributed by atoms with Crippen molar-refractivity contribution >= 4 is 5.69 Å². The van der Waals surface area contributed by atoms with Crippen molar-refractivity contribution in [3.8, 4) is 5.75 Å². The molecule has 1 N–H and O–H groups in total. The highest BCUT2D eigenvalue weighted by Gasteiger charge is 2.07. The van der Waals surface area contributed by atoms with Crippen LogP contribution in [-0.2, 0) is 13.5 Å². The molecule has 0 fully saturated rings. The summed E-state index contributed by atoms with van der Waals surface area (Å²) in [5, 5.41) is 7.86. The summed E-state index contributed by atoms with van der Waals surface area (Å²) >= 11 is 0. The molecule has 102 valence electrons. The molecule has 0 bridgehead atoms. The van der Waals surface area contributed by atoms with Crippen molar-refractivity contribution in [2.75, 3.05) is 19.0 Å². The molecule has 0 aliphatic heterocycles. The molecule has 0 saturated carbocycles. The zero-order valence-electron chi connectivity index (χ0n) is 12.0. The fourth-order valence-corrected chi connectivity index (χ4v) is 2.15. The molecular weight excluding hydrogens is 238 g/mol. The summed E-state index contributed by atoms with van der Waals surface area (Å²) < 4.78 is 7.06. The SMILES string of the molecule is COc1ccc(CCNc2c(C)nn(C)c2C)cc1. The Bertz CT molecular complexity index is 543. The quantitative estimate of drug-likeness (QED) is 0.897. The lowest BCUT2D eigenvalue weighted by Crippen LogP contribution is -2.06. The van der Waals surface area contributed by atoms with E-state index in [9.17, 15) is 0 Å². The molecule has 1 aromatic heterocycles. The molecule has 0 saturated heterocycles. The normalized spacial score (nSPS) is 10.5. The van der Waals surface area contributed by atoms with Gasteiger partial charge in [-0.3, -0.25) is 4.68 Å². The number of anilines is 1. The van der Waals surface area contributed by atoms with Crippen molar-refractivity contribution in [2.45, 2.75) is 20.3 Å². The number of hydrogen-bond donors (Lipinski definition) is 1. The summed E-state index contributed by atoms with van der Waals surface area (Å²) in [6.07, 6.45) is 0.984. The zero-order valence-corrected chi connectivity index (χ0v) is 12.0. The lowest BCUT2D eigenvalue weighted by Gasteiger charge is -2.07. The van der Waals surface area contributed by atoms with Gasteiger partial charge in [0.2, 0.25) is 0 Å². The van der Waals surface area contributed by atoms with Crippen LogP contribution >= 0.6 is 0 Å². The molecule has 2 rings (SSSR count). The van der Waals surface area contributed by atoms with Crippen LogP contribution in [0.5, 0.6) is 5.75 Å². The third-order valence-corrected chi connectivity index (χ3v) is 3.38. The zero-order chi connectivity index (χ0) is 13.8. The summed E-state index contributed by atoms with van der Waals surface area (Å²) in [6, 6.07) is 8.19. The van der Waals surface area contributed by atoms with E-state index in [0.717, 1.165) is 30.1 Å². The number of aromatic nitrogens is 2. The minimum atomic E-state index is 0.899. The van der Waals surface area contributed by atoms with Crippen LogP contribution < -0.4 is 10.1 Å². The highest BCUT2D eigenvalue weighted by atomic mass is 16.5. The maximum Gasteiger partial charge on any atom is 0.118 e. The van der Waals surface area contributed by atoms with E-state index in [1.807, 2.05) is 30.8 Å². The van der Waals surface area contributed by atoms with Crippen LogP contribution in [0.25, 0.3) is 0 Å². The number of benzene rings is 1. The van der Waals surface area contributed by atoms with Gasteiger partial charge in [0, 0.05) is 13.6 Å². The first-order valence-electron chi connectivity index (χ1n) is 6.49. The Morgan fingerprint density at radius 3 is 2.42 bits per heavy atom. The molecule has 0 aliphatic rings. The van der Waals surface area contributed by atoms with E-state index in [1.54, 1.807) is 7.11 Å². The van der Waals surface area contributed by atoms with Gasteiger partial charge in [0.05, 0.1) is 24.2 Å². The second-order valence-corrected chi connectivity index (χ2v) is 4.69. The summed E-state index contributed by atoms with van der Waals surface area (Å²) in [5.41, 5.74) is 4.67. The molecule has 0 amide bonds. The van der Waals surface area contributed by atoms with Gasteiger partial charge in [-0.25, -0.2) is 0 Å². The second-order valence-electron chi connectivity index (χ2n) is 4.69. The fourth-order valence-electron chi connectivity index (χ4n) is 2.15. The van der Waals surface area contributed by atoms with E-state index < -0.39 is 0 Å². The van der Waals surface area contributed by atoms with Crippen LogP contribution in [0.1, 0.15) is 17.0 Å². The van der Waals surface area contributed by atoms with Gasteiger partial charge in [-0.1, -0.05) is 12.1 Å². The first kappa shape index (κ1) is 13.5. The molecule has 1 aromatic carbocycles. The molecular formula is C15H21N3O. The van der Waals surface area contributed by atoms with Crippen LogP contribution in [0.15, 0.2) is 24.3 Å². The van der Waals surface area contributed by atoms with Crippen molar-refractivity contribution < 1.29 is 4.74 Å². The third-order valence-electron chi connectivity index (χ3n) is 3.38. The highest BCUT2D eigenvalue weighted by molar-refractivity contribution is 5.52. The number of ether oxygens (including phenoxy) is 1. The maximum absolute atomic E-state index is 5.15. The second kappa shape index (κ2) is 5.78. The molecule has 4 nitrogen and oxygen atoms in total. The Balaban J connectivity index is 1.92. The minimum Gasteiger partial charge on any atom is -0.497 e. The number of rotatable bonds is 5. The summed E-state index contributed by atoms with van der Waals surface area (Å²) in [4.78, 5) is 0.